The third-order valence-corrected chi connectivity index (χ3v) is 4.47. The molecule has 0 spiro atoms. The Kier molecular flexibility index (Phi) is 9.82. The third-order valence-electron chi connectivity index (χ3n) is 4.47. The Morgan fingerprint density at radius 1 is 1.22 bits per heavy atom. The van der Waals surface area contributed by atoms with Crippen molar-refractivity contribution in [1.82, 2.24) is 20.0 Å². The lowest BCUT2D eigenvalue weighted by atomic mass is 10.0. The van der Waals surface area contributed by atoms with Crippen LogP contribution in [0.1, 0.15) is 36.8 Å². The summed E-state index contributed by atoms with van der Waals surface area (Å²) in [5, 5.41) is 14.2. The van der Waals surface area contributed by atoms with E-state index in [9.17, 15) is 4.79 Å². The molecule has 0 bridgehead atoms. The Morgan fingerprint density at radius 2 is 1.81 bits per heavy atom. The largest absolute Gasteiger partial charge is 0.483 e. The summed E-state index contributed by atoms with van der Waals surface area (Å²) in [7, 11) is 0. The van der Waals surface area contributed by atoms with E-state index < -0.39 is 0 Å². The van der Waals surface area contributed by atoms with Crippen LogP contribution in [-0.2, 0) is 11.3 Å². The normalized spacial score (nSPS) is 10.3. The monoisotopic (exact) mass is 374 g/mol. The highest BCUT2D eigenvalue weighted by Crippen LogP contribution is 2.23. The van der Waals surface area contributed by atoms with E-state index in [1.54, 1.807) is 0 Å². The molecule has 0 radical (unpaired) electrons. The number of nitrogens with one attached hydrogen (secondary N) is 1. The van der Waals surface area contributed by atoms with E-state index in [0.717, 1.165) is 43.0 Å². The molecule has 0 atom stereocenters. The molecule has 0 unspecified atom stereocenters. The standard InChI is InChI=1S/C19H28N4O.CH2O2/c1-5-22(6-2)13-12-20-19(24)17-10-8-16(9-11-17)18-14-21-23(7-3)15(18)4;2-1-3/h8-11,14H,5-7,12-13H2,1-4H3,(H,20,24);1H,(H,2,3). The molecule has 0 saturated carbocycles. The van der Waals surface area contributed by atoms with Gasteiger partial charge in [-0.2, -0.15) is 5.10 Å². The second kappa shape index (κ2) is 11.9. The van der Waals surface area contributed by atoms with Crippen molar-refractivity contribution in [3.8, 4) is 11.1 Å². The van der Waals surface area contributed by atoms with E-state index in [1.165, 1.54) is 0 Å². The molecule has 0 aliphatic rings. The van der Waals surface area contributed by atoms with E-state index in [0.29, 0.717) is 12.1 Å². The summed E-state index contributed by atoms with van der Waals surface area (Å²) < 4.78 is 1.98. The number of benzene rings is 1. The number of carboxylic acid groups (broad SMARTS) is 1. The first-order chi connectivity index (χ1) is 13.0. The molecule has 27 heavy (non-hydrogen) atoms. The van der Waals surface area contributed by atoms with Crippen molar-refractivity contribution in [2.75, 3.05) is 26.2 Å². The van der Waals surface area contributed by atoms with Crippen molar-refractivity contribution < 1.29 is 14.7 Å². The minimum absolute atomic E-state index is 0.0188. The number of hydrogen-bond acceptors (Lipinski definition) is 4. The van der Waals surface area contributed by atoms with Crippen LogP contribution >= 0.6 is 0 Å². The zero-order valence-corrected chi connectivity index (χ0v) is 16.6. The molecule has 2 rings (SSSR count). The molecule has 1 aromatic heterocycles. The van der Waals surface area contributed by atoms with Gasteiger partial charge in [-0.25, -0.2) is 0 Å². The first-order valence-electron chi connectivity index (χ1n) is 9.23. The zero-order chi connectivity index (χ0) is 20.2. The molecule has 1 amide bonds. The number of carbonyl (C=O) groups excluding carboxylic acids is 1. The first kappa shape index (κ1) is 22.4. The van der Waals surface area contributed by atoms with Crippen LogP contribution in [0.25, 0.3) is 11.1 Å². The average Bonchev–Trinajstić information content (AvgIpc) is 3.06. The summed E-state index contributed by atoms with van der Waals surface area (Å²) in [6.07, 6.45) is 1.89. The lowest BCUT2D eigenvalue weighted by Crippen LogP contribution is -2.34. The van der Waals surface area contributed by atoms with E-state index in [1.807, 2.05) is 35.1 Å². The summed E-state index contributed by atoms with van der Waals surface area (Å²) >= 11 is 0. The summed E-state index contributed by atoms with van der Waals surface area (Å²) in [6.45, 7) is 12.6. The molecule has 7 heteroatoms. The van der Waals surface area contributed by atoms with Crippen LogP contribution in [0.15, 0.2) is 30.5 Å². The summed E-state index contributed by atoms with van der Waals surface area (Å²) in [4.78, 5) is 22.9. The van der Waals surface area contributed by atoms with Crippen LogP contribution in [0.4, 0.5) is 0 Å². The number of aromatic nitrogens is 2. The van der Waals surface area contributed by atoms with Gasteiger partial charge in [0.25, 0.3) is 12.4 Å². The molecule has 0 aliphatic heterocycles. The maximum absolute atomic E-state index is 12.2. The van der Waals surface area contributed by atoms with Gasteiger partial charge in [-0.05, 0) is 44.6 Å². The Balaban J connectivity index is 0.00000114. The van der Waals surface area contributed by atoms with Crippen LogP contribution in [0.5, 0.6) is 0 Å². The van der Waals surface area contributed by atoms with Crippen molar-refractivity contribution in [2.24, 2.45) is 0 Å². The molecule has 1 heterocycles. The summed E-state index contributed by atoms with van der Waals surface area (Å²) in [6, 6.07) is 7.74. The average molecular weight is 374 g/mol. The second-order valence-electron chi connectivity index (χ2n) is 5.92. The lowest BCUT2D eigenvalue weighted by Gasteiger charge is -2.17. The van der Waals surface area contributed by atoms with Crippen LogP contribution in [-0.4, -0.2) is 58.3 Å². The molecule has 2 N–H and O–H groups in total. The molecule has 1 aromatic carbocycles. The molecule has 0 aliphatic carbocycles. The highest BCUT2D eigenvalue weighted by atomic mass is 16.3. The van der Waals surface area contributed by atoms with Gasteiger partial charge in [0, 0.05) is 36.5 Å². The van der Waals surface area contributed by atoms with Gasteiger partial charge < -0.3 is 15.3 Å². The fourth-order valence-corrected chi connectivity index (χ4v) is 2.82. The van der Waals surface area contributed by atoms with Crippen molar-refractivity contribution >= 4 is 12.4 Å². The van der Waals surface area contributed by atoms with Crippen molar-refractivity contribution in [2.45, 2.75) is 34.2 Å². The van der Waals surface area contributed by atoms with Crippen LogP contribution in [0.3, 0.4) is 0 Å². The van der Waals surface area contributed by atoms with Gasteiger partial charge in [0.15, 0.2) is 0 Å². The van der Waals surface area contributed by atoms with Gasteiger partial charge >= 0.3 is 0 Å². The Hall–Kier alpha value is -2.67. The van der Waals surface area contributed by atoms with E-state index in [4.69, 9.17) is 9.90 Å². The smallest absolute Gasteiger partial charge is 0.290 e. The molecule has 148 valence electrons. The zero-order valence-electron chi connectivity index (χ0n) is 16.6. The summed E-state index contributed by atoms with van der Waals surface area (Å²) in [5.41, 5.74) is 4.05. The minimum atomic E-state index is -0.250. The quantitative estimate of drug-likeness (QED) is 0.694. The maximum Gasteiger partial charge on any atom is 0.290 e. The predicted octanol–water partition coefficient (Wildman–Crippen LogP) is 2.65. The maximum atomic E-state index is 12.2. The van der Waals surface area contributed by atoms with Crippen LogP contribution in [0, 0.1) is 6.92 Å². The predicted molar refractivity (Wildman–Crippen MR) is 107 cm³/mol. The number of rotatable bonds is 8. The van der Waals surface area contributed by atoms with Gasteiger partial charge in [0.1, 0.15) is 0 Å². The molecule has 2 aromatic rings. The Labute approximate surface area is 161 Å². The van der Waals surface area contributed by atoms with E-state index in [-0.39, 0.29) is 12.4 Å². The number of hydrogen-bond donors (Lipinski definition) is 2. The highest BCUT2D eigenvalue weighted by molar-refractivity contribution is 5.94. The SMILES string of the molecule is CCN(CC)CCNC(=O)c1ccc(-c2cnn(CC)c2C)cc1.O=CO. The Bertz CT molecular complexity index is 707. The van der Waals surface area contributed by atoms with Crippen molar-refractivity contribution in [1.29, 1.82) is 0 Å². The van der Waals surface area contributed by atoms with Crippen LogP contribution < -0.4 is 5.32 Å². The summed E-state index contributed by atoms with van der Waals surface area (Å²) in [5.74, 6) is -0.0188. The number of carbonyl (C=O) groups is 2. The number of likely N-dealkylation sites (N-methyl/N-ethyl adjacent to an activating group) is 1. The van der Waals surface area contributed by atoms with Gasteiger partial charge in [0.2, 0.25) is 0 Å². The molecular weight excluding hydrogens is 344 g/mol. The Morgan fingerprint density at radius 3 is 2.30 bits per heavy atom. The minimum Gasteiger partial charge on any atom is -0.483 e. The van der Waals surface area contributed by atoms with Gasteiger partial charge in [-0.3, -0.25) is 14.3 Å². The molecular formula is C20H30N4O3. The van der Waals surface area contributed by atoms with Gasteiger partial charge in [-0.15, -0.1) is 0 Å². The second-order valence-corrected chi connectivity index (χ2v) is 5.92. The molecule has 7 nitrogen and oxygen atoms in total. The number of aryl methyl sites for hydroxylation is 1. The molecule has 0 saturated heterocycles. The molecule has 0 fully saturated rings. The van der Waals surface area contributed by atoms with Gasteiger partial charge in [0.05, 0.1) is 6.20 Å². The van der Waals surface area contributed by atoms with E-state index in [2.05, 4.69) is 43.0 Å². The number of amides is 1. The topological polar surface area (TPSA) is 87.5 Å². The van der Waals surface area contributed by atoms with Crippen molar-refractivity contribution in [3.05, 3.63) is 41.7 Å². The van der Waals surface area contributed by atoms with Crippen molar-refractivity contribution in [3.63, 3.8) is 0 Å². The third kappa shape index (κ3) is 6.53. The van der Waals surface area contributed by atoms with Gasteiger partial charge in [-0.1, -0.05) is 26.0 Å². The fourth-order valence-electron chi connectivity index (χ4n) is 2.82. The highest BCUT2D eigenvalue weighted by Gasteiger charge is 2.10. The van der Waals surface area contributed by atoms with E-state index >= 15 is 0 Å². The van der Waals surface area contributed by atoms with Crippen LogP contribution in [0.2, 0.25) is 0 Å². The fraction of sp³-hybridized carbons (Fsp3) is 0.450. The lowest BCUT2D eigenvalue weighted by molar-refractivity contribution is -0.122. The number of nitrogens with zero attached hydrogens (tertiary/aromatic N) is 3. The first-order valence-corrected chi connectivity index (χ1v) is 9.23.